The first kappa shape index (κ1) is 17.0. The number of aromatic nitrogens is 1. The number of nitrogens with zero attached hydrogens (tertiary/aromatic N) is 2. The van der Waals surface area contributed by atoms with Crippen molar-refractivity contribution in [3.8, 4) is 0 Å². The summed E-state index contributed by atoms with van der Waals surface area (Å²) in [6, 6.07) is 20.9. The number of rotatable bonds is 5. The van der Waals surface area contributed by atoms with Gasteiger partial charge in [-0.15, -0.1) is 0 Å². The fourth-order valence-corrected chi connectivity index (χ4v) is 2.62. The molecular weight excluding hydrogens is 334 g/mol. The van der Waals surface area contributed by atoms with Gasteiger partial charge in [-0.25, -0.2) is 4.98 Å². The van der Waals surface area contributed by atoms with Crippen LogP contribution in [0, 0.1) is 0 Å². The molecule has 1 N–H and O–H groups in total. The van der Waals surface area contributed by atoms with E-state index in [0.717, 1.165) is 12.4 Å². The van der Waals surface area contributed by atoms with Gasteiger partial charge in [0.25, 0.3) is 5.91 Å². The topological polar surface area (TPSA) is 45.2 Å². The second-order valence-electron chi connectivity index (χ2n) is 5.68. The number of hydrogen-bond donors (Lipinski definition) is 1. The SMILES string of the molecule is CN(Cc1ccccc1)c1ccc(C(=O)Nc2ccccc2Cl)cn1. The second kappa shape index (κ2) is 7.81. The lowest BCUT2D eigenvalue weighted by molar-refractivity contribution is 0.102. The summed E-state index contributed by atoms with van der Waals surface area (Å²) in [5, 5.41) is 3.29. The lowest BCUT2D eigenvalue weighted by Gasteiger charge is -2.18. The standard InChI is InChI=1S/C20H18ClN3O/c1-24(14-15-7-3-2-4-8-15)19-12-11-16(13-22-19)20(25)23-18-10-6-5-9-17(18)21/h2-13H,14H2,1H3,(H,23,25). The van der Waals surface area contributed by atoms with Crippen molar-refractivity contribution in [1.29, 1.82) is 0 Å². The molecule has 3 rings (SSSR count). The number of pyridine rings is 1. The molecule has 2 aromatic carbocycles. The fraction of sp³-hybridized carbons (Fsp3) is 0.100. The first-order valence-corrected chi connectivity index (χ1v) is 8.28. The molecule has 5 heteroatoms. The molecule has 0 saturated heterocycles. The molecule has 0 atom stereocenters. The Labute approximate surface area is 152 Å². The van der Waals surface area contributed by atoms with Crippen molar-refractivity contribution in [3.05, 3.63) is 89.1 Å². The molecule has 0 aliphatic heterocycles. The summed E-state index contributed by atoms with van der Waals surface area (Å²) in [4.78, 5) is 18.7. The van der Waals surface area contributed by atoms with E-state index < -0.39 is 0 Å². The number of para-hydroxylation sites is 1. The predicted molar refractivity (Wildman–Crippen MR) is 102 cm³/mol. The van der Waals surface area contributed by atoms with Crippen LogP contribution in [0.25, 0.3) is 0 Å². The molecule has 1 amide bonds. The molecule has 25 heavy (non-hydrogen) atoms. The number of amides is 1. The van der Waals surface area contributed by atoms with E-state index in [-0.39, 0.29) is 5.91 Å². The summed E-state index contributed by atoms with van der Waals surface area (Å²) in [6.45, 7) is 0.749. The van der Waals surface area contributed by atoms with Crippen molar-refractivity contribution >= 4 is 29.0 Å². The van der Waals surface area contributed by atoms with Gasteiger partial charge in [-0.1, -0.05) is 54.1 Å². The molecule has 0 aliphatic rings. The number of halogens is 1. The smallest absolute Gasteiger partial charge is 0.257 e. The van der Waals surface area contributed by atoms with E-state index >= 15 is 0 Å². The van der Waals surface area contributed by atoms with Crippen LogP contribution in [-0.2, 0) is 6.54 Å². The first-order valence-electron chi connectivity index (χ1n) is 7.90. The summed E-state index contributed by atoms with van der Waals surface area (Å²) >= 11 is 6.06. The van der Waals surface area contributed by atoms with E-state index in [1.54, 1.807) is 24.4 Å². The molecule has 0 fully saturated rings. The maximum Gasteiger partial charge on any atom is 0.257 e. The van der Waals surface area contributed by atoms with Gasteiger partial charge in [-0.2, -0.15) is 0 Å². The third-order valence-electron chi connectivity index (χ3n) is 3.79. The Morgan fingerprint density at radius 3 is 2.44 bits per heavy atom. The molecule has 0 saturated carbocycles. The van der Waals surface area contributed by atoms with Gasteiger partial charge in [0, 0.05) is 19.8 Å². The molecule has 126 valence electrons. The summed E-state index contributed by atoms with van der Waals surface area (Å²) in [5.74, 6) is 0.566. The van der Waals surface area contributed by atoms with E-state index in [1.165, 1.54) is 5.56 Å². The molecule has 0 radical (unpaired) electrons. The van der Waals surface area contributed by atoms with Crippen LogP contribution in [0.2, 0.25) is 5.02 Å². The highest BCUT2D eigenvalue weighted by molar-refractivity contribution is 6.33. The molecule has 3 aromatic rings. The van der Waals surface area contributed by atoms with Gasteiger partial charge in [-0.05, 0) is 29.8 Å². The van der Waals surface area contributed by atoms with Crippen LogP contribution < -0.4 is 10.2 Å². The Morgan fingerprint density at radius 1 is 1.04 bits per heavy atom. The molecule has 0 unspecified atom stereocenters. The van der Waals surface area contributed by atoms with Gasteiger partial charge in [0.1, 0.15) is 5.82 Å². The van der Waals surface area contributed by atoms with Crippen molar-refractivity contribution in [2.24, 2.45) is 0 Å². The van der Waals surface area contributed by atoms with Crippen LogP contribution in [-0.4, -0.2) is 17.9 Å². The predicted octanol–water partition coefficient (Wildman–Crippen LogP) is 4.62. The fourth-order valence-electron chi connectivity index (χ4n) is 2.44. The van der Waals surface area contributed by atoms with E-state index in [0.29, 0.717) is 16.3 Å². The van der Waals surface area contributed by atoms with Gasteiger partial charge in [0.15, 0.2) is 0 Å². The minimum absolute atomic E-state index is 0.238. The van der Waals surface area contributed by atoms with Gasteiger partial charge in [0.2, 0.25) is 0 Å². The van der Waals surface area contributed by atoms with Gasteiger partial charge in [0.05, 0.1) is 16.3 Å². The average Bonchev–Trinajstić information content (AvgIpc) is 2.64. The minimum Gasteiger partial charge on any atom is -0.355 e. The van der Waals surface area contributed by atoms with Crippen molar-refractivity contribution in [3.63, 3.8) is 0 Å². The molecule has 1 heterocycles. The second-order valence-corrected chi connectivity index (χ2v) is 6.09. The Bertz CT molecular complexity index is 850. The van der Waals surface area contributed by atoms with Gasteiger partial charge < -0.3 is 10.2 Å². The maximum atomic E-state index is 12.3. The number of carbonyl (C=O) groups excluding carboxylic acids is 1. The normalized spacial score (nSPS) is 10.3. The number of nitrogens with one attached hydrogen (secondary N) is 1. The van der Waals surface area contributed by atoms with Crippen LogP contribution in [0.4, 0.5) is 11.5 Å². The Hall–Kier alpha value is -2.85. The third kappa shape index (κ3) is 4.37. The number of hydrogen-bond acceptors (Lipinski definition) is 3. The molecule has 0 bridgehead atoms. The number of benzene rings is 2. The first-order chi connectivity index (χ1) is 12.1. The van der Waals surface area contributed by atoms with Crippen LogP contribution >= 0.6 is 11.6 Å². The quantitative estimate of drug-likeness (QED) is 0.729. The molecular formula is C20H18ClN3O. The summed E-state index contributed by atoms with van der Waals surface area (Å²) in [6.07, 6.45) is 1.57. The van der Waals surface area contributed by atoms with E-state index in [2.05, 4.69) is 22.4 Å². The van der Waals surface area contributed by atoms with E-state index in [4.69, 9.17) is 11.6 Å². The average molecular weight is 352 g/mol. The lowest BCUT2D eigenvalue weighted by Crippen LogP contribution is -2.18. The lowest BCUT2D eigenvalue weighted by atomic mass is 10.2. The number of anilines is 2. The minimum atomic E-state index is -0.238. The molecule has 0 aliphatic carbocycles. The zero-order chi connectivity index (χ0) is 17.6. The van der Waals surface area contributed by atoms with Gasteiger partial charge >= 0.3 is 0 Å². The van der Waals surface area contributed by atoms with Crippen LogP contribution in [0.1, 0.15) is 15.9 Å². The summed E-state index contributed by atoms with van der Waals surface area (Å²) in [7, 11) is 1.97. The van der Waals surface area contributed by atoms with Crippen LogP contribution in [0.5, 0.6) is 0 Å². The van der Waals surface area contributed by atoms with E-state index in [1.807, 2.05) is 48.3 Å². The van der Waals surface area contributed by atoms with Crippen molar-refractivity contribution < 1.29 is 4.79 Å². The van der Waals surface area contributed by atoms with Crippen LogP contribution in [0.15, 0.2) is 72.9 Å². The highest BCUT2D eigenvalue weighted by Gasteiger charge is 2.10. The molecule has 4 nitrogen and oxygen atoms in total. The summed E-state index contributed by atoms with van der Waals surface area (Å²) in [5.41, 5.74) is 2.27. The number of carbonyl (C=O) groups is 1. The Morgan fingerprint density at radius 2 is 1.76 bits per heavy atom. The largest absolute Gasteiger partial charge is 0.355 e. The zero-order valence-corrected chi connectivity index (χ0v) is 14.6. The Balaban J connectivity index is 1.67. The van der Waals surface area contributed by atoms with Gasteiger partial charge in [-0.3, -0.25) is 4.79 Å². The molecule has 1 aromatic heterocycles. The van der Waals surface area contributed by atoms with Crippen LogP contribution in [0.3, 0.4) is 0 Å². The van der Waals surface area contributed by atoms with E-state index in [9.17, 15) is 4.79 Å². The van der Waals surface area contributed by atoms with Crippen molar-refractivity contribution in [2.75, 3.05) is 17.3 Å². The third-order valence-corrected chi connectivity index (χ3v) is 4.12. The summed E-state index contributed by atoms with van der Waals surface area (Å²) < 4.78 is 0. The Kier molecular flexibility index (Phi) is 5.31. The van der Waals surface area contributed by atoms with Crippen molar-refractivity contribution in [1.82, 2.24) is 4.98 Å². The zero-order valence-electron chi connectivity index (χ0n) is 13.8. The monoisotopic (exact) mass is 351 g/mol. The highest BCUT2D eigenvalue weighted by Crippen LogP contribution is 2.21. The molecule has 0 spiro atoms. The maximum absolute atomic E-state index is 12.3. The highest BCUT2D eigenvalue weighted by atomic mass is 35.5. The van der Waals surface area contributed by atoms with Crippen molar-refractivity contribution in [2.45, 2.75) is 6.54 Å².